The van der Waals surface area contributed by atoms with Gasteiger partial charge in [0.2, 0.25) is 5.76 Å². The molecular formula is C26H23N3O5S. The van der Waals surface area contributed by atoms with Crippen molar-refractivity contribution in [1.82, 2.24) is 4.98 Å². The fraction of sp³-hybridized carbons (Fsp3) is 0.231. The Morgan fingerprint density at radius 2 is 1.80 bits per heavy atom. The molecule has 9 heteroatoms. The van der Waals surface area contributed by atoms with Crippen LogP contribution in [0.15, 0.2) is 45.6 Å². The number of amides is 2. The van der Waals surface area contributed by atoms with E-state index in [1.54, 1.807) is 36.4 Å². The minimum atomic E-state index is -0.727. The van der Waals surface area contributed by atoms with Gasteiger partial charge in [-0.15, -0.1) is 11.3 Å². The van der Waals surface area contributed by atoms with Crippen molar-refractivity contribution < 1.29 is 18.7 Å². The number of nitrogens with zero attached hydrogens (tertiary/aromatic N) is 2. The molecule has 2 aromatic carbocycles. The zero-order chi connectivity index (χ0) is 25.0. The molecule has 0 bridgehead atoms. The molecule has 2 amide bonds. The lowest BCUT2D eigenvalue weighted by Crippen LogP contribution is -2.29. The van der Waals surface area contributed by atoms with Gasteiger partial charge in [0.25, 0.3) is 11.8 Å². The van der Waals surface area contributed by atoms with Crippen LogP contribution in [0.1, 0.15) is 49.4 Å². The van der Waals surface area contributed by atoms with Gasteiger partial charge in [0.15, 0.2) is 17.2 Å². The first-order chi connectivity index (χ1) is 16.7. The Morgan fingerprint density at radius 1 is 1.11 bits per heavy atom. The number of aromatic nitrogens is 1. The molecule has 0 saturated heterocycles. The van der Waals surface area contributed by atoms with E-state index in [0.717, 1.165) is 21.7 Å². The zero-order valence-corrected chi connectivity index (χ0v) is 20.5. The molecular weight excluding hydrogens is 466 g/mol. The van der Waals surface area contributed by atoms with Crippen molar-refractivity contribution in [2.24, 2.45) is 5.73 Å². The number of fused-ring (bicyclic) bond motifs is 2. The van der Waals surface area contributed by atoms with Crippen molar-refractivity contribution in [3.63, 3.8) is 0 Å². The van der Waals surface area contributed by atoms with Gasteiger partial charge in [0.05, 0.1) is 22.7 Å². The molecule has 1 aliphatic rings. The smallest absolute Gasteiger partial charge is 0.297 e. The maximum absolute atomic E-state index is 13.8. The van der Waals surface area contributed by atoms with Gasteiger partial charge in [0, 0.05) is 4.88 Å². The quantitative estimate of drug-likeness (QED) is 0.451. The van der Waals surface area contributed by atoms with Crippen LogP contribution >= 0.6 is 11.3 Å². The molecule has 0 spiro atoms. The minimum absolute atomic E-state index is 0.0234. The summed E-state index contributed by atoms with van der Waals surface area (Å²) in [5.41, 5.74) is 9.01. The number of carbonyl (C=O) groups excluding carboxylic acids is 2. The molecule has 5 rings (SSSR count). The molecule has 1 unspecified atom stereocenters. The molecule has 1 aliphatic heterocycles. The van der Waals surface area contributed by atoms with Crippen molar-refractivity contribution in [1.29, 1.82) is 0 Å². The molecule has 178 valence electrons. The third-order valence-corrected chi connectivity index (χ3v) is 7.36. The van der Waals surface area contributed by atoms with Crippen LogP contribution in [0.5, 0.6) is 5.75 Å². The second-order valence-corrected chi connectivity index (χ2v) is 9.83. The van der Waals surface area contributed by atoms with Crippen molar-refractivity contribution in [3.05, 3.63) is 85.2 Å². The topological polar surface area (TPSA) is 116 Å². The SMILES string of the molecule is Cc1cc2oc3c(c(=O)c2cc1C)C(c1ccc(OCC(N)=O)cc1)N(c1nc(C)c(C)s1)C3=O. The van der Waals surface area contributed by atoms with E-state index in [2.05, 4.69) is 4.98 Å². The van der Waals surface area contributed by atoms with E-state index in [0.29, 0.717) is 27.4 Å². The molecule has 0 saturated carbocycles. The number of aryl methyl sites for hydroxylation is 4. The standard InChI is InChI=1S/C26H23N3O5S/c1-12-9-18-19(10-13(12)2)34-24-21(23(18)31)22(16-5-7-17(8-6-16)33-11-20(27)30)29(25(24)32)26-28-14(3)15(4)35-26/h5-10,22H,11H2,1-4H3,(H2,27,30). The molecule has 0 fully saturated rings. The second kappa shape index (κ2) is 8.35. The van der Waals surface area contributed by atoms with Crippen LogP contribution in [-0.4, -0.2) is 23.4 Å². The van der Waals surface area contributed by atoms with Gasteiger partial charge in [-0.25, -0.2) is 4.98 Å². The summed E-state index contributed by atoms with van der Waals surface area (Å²) in [7, 11) is 0. The highest BCUT2D eigenvalue weighted by molar-refractivity contribution is 7.15. The molecule has 1 atom stereocenters. The molecule has 0 radical (unpaired) electrons. The van der Waals surface area contributed by atoms with E-state index in [-0.39, 0.29) is 23.4 Å². The van der Waals surface area contributed by atoms with E-state index < -0.39 is 17.9 Å². The van der Waals surface area contributed by atoms with Gasteiger partial charge in [-0.2, -0.15) is 0 Å². The van der Waals surface area contributed by atoms with Crippen molar-refractivity contribution in [2.45, 2.75) is 33.7 Å². The average Bonchev–Trinajstić information content (AvgIpc) is 3.30. The van der Waals surface area contributed by atoms with E-state index >= 15 is 0 Å². The summed E-state index contributed by atoms with van der Waals surface area (Å²) in [6, 6.07) is 9.73. The van der Waals surface area contributed by atoms with Crippen molar-refractivity contribution >= 4 is 39.3 Å². The first kappa shape index (κ1) is 22.8. The highest BCUT2D eigenvalue weighted by Gasteiger charge is 2.45. The van der Waals surface area contributed by atoms with Crippen LogP contribution in [0.25, 0.3) is 11.0 Å². The van der Waals surface area contributed by atoms with Crippen LogP contribution < -0.4 is 20.8 Å². The number of primary amides is 1. The van der Waals surface area contributed by atoms with Crippen LogP contribution in [0.4, 0.5) is 5.13 Å². The van der Waals surface area contributed by atoms with Gasteiger partial charge < -0.3 is 14.9 Å². The maximum atomic E-state index is 13.8. The number of anilines is 1. The maximum Gasteiger partial charge on any atom is 0.297 e. The molecule has 3 heterocycles. The number of ether oxygens (including phenoxy) is 1. The average molecular weight is 490 g/mol. The number of hydrogen-bond acceptors (Lipinski definition) is 7. The lowest BCUT2D eigenvalue weighted by atomic mass is 9.97. The first-order valence-corrected chi connectivity index (χ1v) is 11.8. The summed E-state index contributed by atoms with van der Waals surface area (Å²) in [5, 5.41) is 0.922. The molecule has 35 heavy (non-hydrogen) atoms. The number of rotatable bonds is 5. The highest BCUT2D eigenvalue weighted by Crippen LogP contribution is 2.43. The van der Waals surface area contributed by atoms with Crippen LogP contribution in [0.2, 0.25) is 0 Å². The van der Waals surface area contributed by atoms with E-state index in [1.165, 1.54) is 16.2 Å². The monoisotopic (exact) mass is 489 g/mol. The lowest BCUT2D eigenvalue weighted by Gasteiger charge is -2.22. The second-order valence-electron chi connectivity index (χ2n) is 8.65. The van der Waals surface area contributed by atoms with Gasteiger partial charge in [-0.3, -0.25) is 19.3 Å². The highest BCUT2D eigenvalue weighted by atomic mass is 32.1. The Morgan fingerprint density at radius 3 is 2.43 bits per heavy atom. The van der Waals surface area contributed by atoms with Gasteiger partial charge in [0.1, 0.15) is 11.3 Å². The number of carbonyl (C=O) groups is 2. The van der Waals surface area contributed by atoms with E-state index in [1.807, 2.05) is 27.7 Å². The predicted octanol–water partition coefficient (Wildman–Crippen LogP) is 4.10. The Balaban J connectivity index is 1.71. The number of benzene rings is 2. The third-order valence-electron chi connectivity index (χ3n) is 6.29. The third kappa shape index (κ3) is 3.77. The van der Waals surface area contributed by atoms with Crippen molar-refractivity contribution in [3.8, 4) is 5.75 Å². The zero-order valence-electron chi connectivity index (χ0n) is 19.7. The lowest BCUT2D eigenvalue weighted by molar-refractivity contribution is -0.119. The predicted molar refractivity (Wildman–Crippen MR) is 133 cm³/mol. The molecule has 8 nitrogen and oxygen atoms in total. The van der Waals surface area contributed by atoms with Crippen molar-refractivity contribution in [2.75, 3.05) is 11.5 Å². The summed E-state index contributed by atoms with van der Waals surface area (Å²) in [6.45, 7) is 7.44. The minimum Gasteiger partial charge on any atom is -0.484 e. The molecule has 0 aliphatic carbocycles. The Bertz CT molecular complexity index is 1550. The van der Waals surface area contributed by atoms with Crippen LogP contribution in [0.3, 0.4) is 0 Å². The summed E-state index contributed by atoms with van der Waals surface area (Å²) < 4.78 is 11.4. The van der Waals surface area contributed by atoms with E-state index in [4.69, 9.17) is 14.9 Å². The summed E-state index contributed by atoms with van der Waals surface area (Å²) in [4.78, 5) is 45.6. The normalized spacial score (nSPS) is 15.0. The summed E-state index contributed by atoms with van der Waals surface area (Å²) in [6.07, 6.45) is 0. The number of hydrogen-bond donors (Lipinski definition) is 1. The molecule has 2 N–H and O–H groups in total. The van der Waals surface area contributed by atoms with Gasteiger partial charge >= 0.3 is 0 Å². The fourth-order valence-electron chi connectivity index (χ4n) is 4.20. The molecule has 2 aromatic heterocycles. The Labute approximate surface area is 205 Å². The fourth-order valence-corrected chi connectivity index (χ4v) is 5.14. The molecule has 4 aromatic rings. The van der Waals surface area contributed by atoms with Crippen LogP contribution in [0, 0.1) is 27.7 Å². The van der Waals surface area contributed by atoms with E-state index in [9.17, 15) is 14.4 Å². The summed E-state index contributed by atoms with van der Waals surface area (Å²) in [5.74, 6) is -0.526. The Kier molecular flexibility index (Phi) is 5.44. The summed E-state index contributed by atoms with van der Waals surface area (Å²) >= 11 is 1.39. The first-order valence-electron chi connectivity index (χ1n) is 11.0. The number of thiazole rings is 1. The number of nitrogens with two attached hydrogens (primary N) is 1. The van der Waals surface area contributed by atoms with Gasteiger partial charge in [-0.1, -0.05) is 12.1 Å². The largest absolute Gasteiger partial charge is 0.484 e. The Hall–Kier alpha value is -3.98. The van der Waals surface area contributed by atoms with Crippen LogP contribution in [-0.2, 0) is 4.79 Å². The van der Waals surface area contributed by atoms with Gasteiger partial charge in [-0.05, 0) is 68.7 Å².